The molecule has 0 bridgehead atoms. The Kier molecular flexibility index (Phi) is 8.87. The zero-order valence-electron chi connectivity index (χ0n) is 12.5. The zero-order valence-corrected chi connectivity index (χ0v) is 12.5. The van der Waals surface area contributed by atoms with Gasteiger partial charge in [0.25, 0.3) is 0 Å². The van der Waals surface area contributed by atoms with Gasteiger partial charge in [-0.2, -0.15) is 0 Å². The third-order valence-electron chi connectivity index (χ3n) is 2.72. The number of carbonyl (C=O) groups is 1. The normalized spacial score (nSPS) is 11.9. The number of aryl methyl sites for hydroxylation is 2. The van der Waals surface area contributed by atoms with Gasteiger partial charge in [-0.05, 0) is 18.8 Å². The number of aromatic nitrogens is 2. The van der Waals surface area contributed by atoms with Gasteiger partial charge in [0, 0.05) is 25.9 Å². The van der Waals surface area contributed by atoms with Crippen LogP contribution in [-0.2, 0) is 18.3 Å². The number of nitrogens with two attached hydrogens (primary N) is 1. The highest BCUT2D eigenvalue weighted by Gasteiger charge is 2.11. The number of aliphatic carboxylic acids is 1. The van der Waals surface area contributed by atoms with Crippen molar-refractivity contribution in [3.63, 3.8) is 0 Å². The minimum Gasteiger partial charge on any atom is -0.480 e. The molecule has 19 heavy (non-hydrogen) atoms. The number of carboxylic acids is 1. The largest absolute Gasteiger partial charge is 0.480 e. The summed E-state index contributed by atoms with van der Waals surface area (Å²) < 4.78 is 2.08. The maximum absolute atomic E-state index is 10.1. The zero-order chi connectivity index (χ0) is 14.8. The molecule has 110 valence electrons. The first-order valence-corrected chi connectivity index (χ1v) is 6.83. The molecule has 0 aliphatic rings. The Labute approximate surface area is 115 Å². The van der Waals surface area contributed by atoms with Crippen molar-refractivity contribution in [1.29, 1.82) is 0 Å². The van der Waals surface area contributed by atoms with Crippen LogP contribution in [0.25, 0.3) is 0 Å². The van der Waals surface area contributed by atoms with Crippen LogP contribution >= 0.6 is 0 Å². The highest BCUT2D eigenvalue weighted by Crippen LogP contribution is 2.01. The van der Waals surface area contributed by atoms with Crippen LogP contribution in [0.1, 0.15) is 45.9 Å². The van der Waals surface area contributed by atoms with Gasteiger partial charge in [-0.1, -0.05) is 27.2 Å². The van der Waals surface area contributed by atoms with E-state index in [0.717, 1.165) is 6.42 Å². The fourth-order valence-corrected chi connectivity index (χ4v) is 1.58. The van der Waals surface area contributed by atoms with E-state index in [9.17, 15) is 4.79 Å². The Bertz CT molecular complexity index is 361. The summed E-state index contributed by atoms with van der Waals surface area (Å²) in [6.07, 6.45) is 7.99. The van der Waals surface area contributed by atoms with Crippen LogP contribution < -0.4 is 5.73 Å². The second-order valence-corrected chi connectivity index (χ2v) is 5.13. The molecule has 1 heterocycles. The minimum atomic E-state index is -0.913. The Morgan fingerprint density at radius 3 is 2.47 bits per heavy atom. The summed E-state index contributed by atoms with van der Waals surface area (Å²) in [4.78, 5) is 14.3. The number of carboxylic acid groups (broad SMARTS) is 1. The van der Waals surface area contributed by atoms with Crippen molar-refractivity contribution >= 4 is 5.97 Å². The van der Waals surface area contributed by atoms with Gasteiger partial charge in [0.1, 0.15) is 11.9 Å². The van der Waals surface area contributed by atoms with Gasteiger partial charge in [0.05, 0.1) is 0 Å². The van der Waals surface area contributed by atoms with E-state index in [4.69, 9.17) is 10.8 Å². The predicted molar refractivity (Wildman–Crippen MR) is 76.9 cm³/mol. The quantitative estimate of drug-likeness (QED) is 0.829. The first kappa shape index (κ1) is 17.6. The van der Waals surface area contributed by atoms with E-state index in [0.29, 0.717) is 12.3 Å². The van der Waals surface area contributed by atoms with Crippen LogP contribution in [0.2, 0.25) is 0 Å². The van der Waals surface area contributed by atoms with E-state index in [2.05, 4.69) is 16.5 Å². The highest BCUT2D eigenvalue weighted by molar-refractivity contribution is 5.72. The average molecular weight is 269 g/mol. The van der Waals surface area contributed by atoms with Crippen molar-refractivity contribution in [1.82, 2.24) is 9.55 Å². The van der Waals surface area contributed by atoms with Crippen LogP contribution in [-0.4, -0.2) is 26.7 Å². The van der Waals surface area contributed by atoms with E-state index in [1.165, 1.54) is 18.7 Å². The lowest BCUT2D eigenvalue weighted by Gasteiger charge is -2.07. The third kappa shape index (κ3) is 8.37. The maximum Gasteiger partial charge on any atom is 0.320 e. The predicted octanol–water partition coefficient (Wildman–Crippen LogP) is 2.21. The molecule has 0 aliphatic carbocycles. The number of nitrogens with zero attached hydrogens (tertiary/aromatic N) is 2. The fraction of sp³-hybridized carbons (Fsp3) is 0.714. The van der Waals surface area contributed by atoms with Crippen LogP contribution in [0, 0.1) is 5.92 Å². The molecule has 1 rings (SSSR count). The molecule has 0 amide bonds. The summed E-state index contributed by atoms with van der Waals surface area (Å²) in [5, 5.41) is 8.31. The van der Waals surface area contributed by atoms with E-state index in [1.807, 2.05) is 33.3 Å². The molecule has 1 unspecified atom stereocenters. The molecule has 0 saturated carbocycles. The summed E-state index contributed by atoms with van der Waals surface area (Å²) >= 11 is 0. The molecular formula is C14H27N3O2. The van der Waals surface area contributed by atoms with Crippen LogP contribution in [0.15, 0.2) is 12.4 Å². The Morgan fingerprint density at radius 2 is 2.16 bits per heavy atom. The van der Waals surface area contributed by atoms with Crippen LogP contribution in [0.5, 0.6) is 0 Å². The highest BCUT2D eigenvalue weighted by atomic mass is 16.4. The van der Waals surface area contributed by atoms with Crippen molar-refractivity contribution in [2.45, 2.75) is 52.5 Å². The van der Waals surface area contributed by atoms with Gasteiger partial charge in [-0.25, -0.2) is 4.98 Å². The molecule has 0 aromatic carbocycles. The summed E-state index contributed by atoms with van der Waals surface area (Å²) in [5.74, 6) is 0.640. The van der Waals surface area contributed by atoms with Gasteiger partial charge in [-0.15, -0.1) is 0 Å². The van der Waals surface area contributed by atoms with E-state index >= 15 is 0 Å². The Morgan fingerprint density at radius 1 is 1.53 bits per heavy atom. The number of rotatable bonds is 6. The van der Waals surface area contributed by atoms with Crippen molar-refractivity contribution < 1.29 is 9.90 Å². The Balaban J connectivity index is 0.000000344. The maximum atomic E-state index is 10.1. The summed E-state index contributed by atoms with van der Waals surface area (Å²) in [6.45, 7) is 6.09. The third-order valence-corrected chi connectivity index (χ3v) is 2.72. The molecule has 0 saturated heterocycles. The van der Waals surface area contributed by atoms with E-state index in [-0.39, 0.29) is 0 Å². The van der Waals surface area contributed by atoms with Crippen molar-refractivity contribution in [3.05, 3.63) is 18.2 Å². The van der Waals surface area contributed by atoms with Crippen LogP contribution in [0.4, 0.5) is 0 Å². The average Bonchev–Trinajstić information content (AvgIpc) is 2.72. The van der Waals surface area contributed by atoms with Gasteiger partial charge < -0.3 is 15.4 Å². The molecular weight excluding hydrogens is 242 g/mol. The van der Waals surface area contributed by atoms with Crippen molar-refractivity contribution in [2.24, 2.45) is 18.7 Å². The molecule has 1 aromatic rings. The minimum absolute atomic E-state index is 0.357. The lowest BCUT2D eigenvalue weighted by atomic mass is 10.1. The summed E-state index contributed by atoms with van der Waals surface area (Å²) in [5.41, 5.74) is 5.22. The lowest BCUT2D eigenvalue weighted by molar-refractivity contribution is -0.138. The first-order valence-electron chi connectivity index (χ1n) is 6.83. The summed E-state index contributed by atoms with van der Waals surface area (Å²) in [7, 11) is 2.04. The van der Waals surface area contributed by atoms with Gasteiger partial charge in [-0.3, -0.25) is 4.79 Å². The van der Waals surface area contributed by atoms with E-state index in [1.54, 1.807) is 0 Å². The molecule has 5 nitrogen and oxygen atoms in total. The number of hydrogen-bond acceptors (Lipinski definition) is 3. The molecule has 5 heteroatoms. The van der Waals surface area contributed by atoms with Crippen LogP contribution in [0.3, 0.4) is 0 Å². The molecule has 1 atom stereocenters. The molecule has 0 fully saturated rings. The second-order valence-electron chi connectivity index (χ2n) is 5.13. The fourth-order valence-electron chi connectivity index (χ4n) is 1.58. The Hall–Kier alpha value is -1.36. The monoisotopic (exact) mass is 269 g/mol. The number of imidazole rings is 1. The van der Waals surface area contributed by atoms with E-state index < -0.39 is 12.0 Å². The molecule has 0 spiro atoms. The number of unbranched alkanes of at least 4 members (excludes halogenated alkanes) is 1. The summed E-state index contributed by atoms with van der Waals surface area (Å²) in [6, 6.07) is -0.690. The SMILES string of the molecule is CC(C)CC(N)C(=O)O.CCCCc1nccn1C. The smallest absolute Gasteiger partial charge is 0.320 e. The first-order chi connectivity index (χ1) is 8.88. The standard InChI is InChI=1S/C8H14N2.C6H13NO2/c1-3-4-5-8-9-6-7-10(8)2;1-4(2)3-5(7)6(8)9/h6-7H,3-5H2,1-2H3;4-5H,3,7H2,1-2H3,(H,8,9). The van der Waals surface area contributed by atoms with Crippen molar-refractivity contribution in [3.8, 4) is 0 Å². The number of hydrogen-bond donors (Lipinski definition) is 2. The molecule has 0 aliphatic heterocycles. The lowest BCUT2D eigenvalue weighted by Crippen LogP contribution is -2.31. The van der Waals surface area contributed by atoms with Gasteiger partial charge in [0.15, 0.2) is 0 Å². The van der Waals surface area contributed by atoms with Crippen molar-refractivity contribution in [2.75, 3.05) is 0 Å². The van der Waals surface area contributed by atoms with Gasteiger partial charge in [0.2, 0.25) is 0 Å². The molecule has 1 aromatic heterocycles. The topological polar surface area (TPSA) is 81.1 Å². The van der Waals surface area contributed by atoms with Gasteiger partial charge >= 0.3 is 5.97 Å². The second kappa shape index (κ2) is 9.55. The molecule has 0 radical (unpaired) electrons. The molecule has 3 N–H and O–H groups in total.